The van der Waals surface area contributed by atoms with Crippen LogP contribution in [-0.2, 0) is 5.41 Å². The van der Waals surface area contributed by atoms with Crippen LogP contribution in [0.4, 0.5) is 0 Å². The van der Waals surface area contributed by atoms with E-state index in [0.717, 1.165) is 24.3 Å². The lowest BCUT2D eigenvalue weighted by Crippen LogP contribution is -2.27. The number of aliphatic hydroxyl groups is 2. The molecule has 0 aliphatic heterocycles. The van der Waals surface area contributed by atoms with Gasteiger partial charge in [0.1, 0.15) is 24.7 Å². The molecule has 0 aromatic heterocycles. The van der Waals surface area contributed by atoms with Gasteiger partial charge >= 0.3 is 0 Å². The highest BCUT2D eigenvalue weighted by molar-refractivity contribution is 5.43. The van der Waals surface area contributed by atoms with Gasteiger partial charge in [-0.2, -0.15) is 0 Å². The van der Waals surface area contributed by atoms with E-state index in [1.807, 2.05) is 24.3 Å². The van der Waals surface area contributed by atoms with E-state index in [-0.39, 0.29) is 18.6 Å². The van der Waals surface area contributed by atoms with E-state index in [0.29, 0.717) is 13.2 Å². The van der Waals surface area contributed by atoms with Crippen molar-refractivity contribution in [2.24, 2.45) is 0 Å². The van der Waals surface area contributed by atoms with E-state index >= 15 is 0 Å². The third-order valence-corrected chi connectivity index (χ3v) is 5.84. The van der Waals surface area contributed by atoms with E-state index in [1.54, 1.807) is 0 Å². The van der Waals surface area contributed by atoms with Crippen LogP contribution in [0.1, 0.15) is 69.9 Å². The van der Waals surface area contributed by atoms with Gasteiger partial charge in [-0.15, -0.1) is 0 Å². The molecule has 0 atom stereocenters. The Morgan fingerprint density at radius 1 is 0.667 bits per heavy atom. The van der Waals surface area contributed by atoms with Crippen LogP contribution in [-0.4, -0.2) is 36.6 Å². The average Bonchev–Trinajstić information content (AvgIpc) is 2.80. The molecular formula is C26H38O4. The highest BCUT2D eigenvalue weighted by atomic mass is 16.5. The largest absolute Gasteiger partial charge is 0.491 e. The summed E-state index contributed by atoms with van der Waals surface area (Å²) in [6.07, 6.45) is 8.40. The van der Waals surface area contributed by atoms with Crippen molar-refractivity contribution in [2.75, 3.05) is 26.4 Å². The van der Waals surface area contributed by atoms with Crippen LogP contribution in [0.5, 0.6) is 11.5 Å². The van der Waals surface area contributed by atoms with Crippen molar-refractivity contribution in [1.29, 1.82) is 0 Å². The van der Waals surface area contributed by atoms with Crippen molar-refractivity contribution >= 4 is 0 Å². The Morgan fingerprint density at radius 3 is 1.53 bits per heavy atom. The second-order valence-corrected chi connectivity index (χ2v) is 7.79. The maximum atomic E-state index is 8.98. The fraction of sp³-hybridized carbons (Fsp3) is 0.538. The molecule has 0 radical (unpaired) electrons. The molecule has 4 heteroatoms. The number of hydrogen-bond donors (Lipinski definition) is 2. The first kappa shape index (κ1) is 24.2. The molecule has 4 nitrogen and oxygen atoms in total. The summed E-state index contributed by atoms with van der Waals surface area (Å²) in [6, 6.07) is 16.7. The predicted octanol–water partition coefficient (Wildman–Crippen LogP) is 5.49. The van der Waals surface area contributed by atoms with Gasteiger partial charge in [0, 0.05) is 5.41 Å². The van der Waals surface area contributed by atoms with Gasteiger partial charge in [0.2, 0.25) is 0 Å². The lowest BCUT2D eigenvalue weighted by Gasteiger charge is -2.35. The van der Waals surface area contributed by atoms with Crippen molar-refractivity contribution in [3.63, 3.8) is 0 Å². The first-order valence-corrected chi connectivity index (χ1v) is 11.4. The van der Waals surface area contributed by atoms with Crippen molar-refractivity contribution in [3.05, 3.63) is 59.7 Å². The van der Waals surface area contributed by atoms with Crippen LogP contribution in [0.3, 0.4) is 0 Å². The van der Waals surface area contributed by atoms with E-state index in [9.17, 15) is 0 Å². The SMILES string of the molecule is CCCCCCCC(CC)(c1ccc(OCCO)cc1)c1ccc(OCCO)cc1. The van der Waals surface area contributed by atoms with Crippen molar-refractivity contribution < 1.29 is 19.7 Å². The Hall–Kier alpha value is -2.04. The molecule has 166 valence electrons. The third-order valence-electron chi connectivity index (χ3n) is 5.84. The van der Waals surface area contributed by atoms with Gasteiger partial charge < -0.3 is 19.7 Å². The number of aliphatic hydroxyl groups excluding tert-OH is 2. The lowest BCUT2D eigenvalue weighted by molar-refractivity contribution is 0.201. The first-order chi connectivity index (χ1) is 14.7. The molecule has 0 saturated heterocycles. The number of rotatable bonds is 15. The Balaban J connectivity index is 2.28. The van der Waals surface area contributed by atoms with Crippen molar-refractivity contribution in [3.8, 4) is 11.5 Å². The van der Waals surface area contributed by atoms with Gasteiger partial charge in [0.15, 0.2) is 0 Å². The summed E-state index contributed by atoms with van der Waals surface area (Å²) in [4.78, 5) is 0. The molecule has 2 aromatic rings. The molecule has 0 bridgehead atoms. The number of benzene rings is 2. The molecule has 0 fully saturated rings. The zero-order valence-corrected chi connectivity index (χ0v) is 18.6. The summed E-state index contributed by atoms with van der Waals surface area (Å²) in [5, 5.41) is 18.0. The minimum absolute atomic E-state index is 0.0170. The molecule has 0 aliphatic rings. The maximum absolute atomic E-state index is 8.98. The zero-order valence-electron chi connectivity index (χ0n) is 18.6. The quantitative estimate of drug-likeness (QED) is 0.379. The Labute approximate surface area is 181 Å². The van der Waals surface area contributed by atoms with Crippen LogP contribution in [0.15, 0.2) is 48.5 Å². The van der Waals surface area contributed by atoms with Crippen LogP contribution in [0.25, 0.3) is 0 Å². The molecule has 2 rings (SSSR count). The van der Waals surface area contributed by atoms with E-state index in [4.69, 9.17) is 19.7 Å². The maximum Gasteiger partial charge on any atom is 0.119 e. The van der Waals surface area contributed by atoms with Crippen LogP contribution >= 0.6 is 0 Å². The summed E-state index contributed by atoms with van der Waals surface area (Å²) in [6.45, 7) is 5.16. The standard InChI is InChI=1S/C26H38O4/c1-3-5-6-7-8-17-26(4-2,22-9-13-24(14-10-22)29-20-18-27)23-11-15-25(16-12-23)30-21-19-28/h9-16,27-28H,3-8,17-21H2,1-2H3. The second kappa shape index (κ2) is 13.3. The lowest BCUT2D eigenvalue weighted by atomic mass is 9.69. The van der Waals surface area contributed by atoms with Crippen LogP contribution < -0.4 is 9.47 Å². The Bertz CT molecular complexity index is 642. The van der Waals surface area contributed by atoms with Gasteiger partial charge in [0.25, 0.3) is 0 Å². The van der Waals surface area contributed by atoms with Crippen LogP contribution in [0.2, 0.25) is 0 Å². The normalized spacial score (nSPS) is 11.5. The summed E-state index contributed by atoms with van der Waals surface area (Å²) in [5.74, 6) is 1.57. The highest BCUT2D eigenvalue weighted by Gasteiger charge is 2.32. The zero-order chi connectivity index (χ0) is 21.7. The fourth-order valence-corrected chi connectivity index (χ4v) is 4.14. The molecule has 0 saturated carbocycles. The molecule has 0 spiro atoms. The summed E-state index contributed by atoms with van der Waals surface area (Å²) < 4.78 is 11.1. The molecule has 2 aromatic carbocycles. The Kier molecular flexibility index (Phi) is 10.7. The smallest absolute Gasteiger partial charge is 0.119 e. The number of ether oxygens (including phenoxy) is 2. The molecular weight excluding hydrogens is 376 g/mol. The molecule has 0 aliphatic carbocycles. The third kappa shape index (κ3) is 6.75. The number of hydrogen-bond acceptors (Lipinski definition) is 4. The summed E-state index contributed by atoms with van der Waals surface area (Å²) >= 11 is 0. The predicted molar refractivity (Wildman–Crippen MR) is 122 cm³/mol. The molecule has 30 heavy (non-hydrogen) atoms. The first-order valence-electron chi connectivity index (χ1n) is 11.4. The average molecular weight is 415 g/mol. The van der Waals surface area contributed by atoms with Crippen molar-refractivity contribution in [1.82, 2.24) is 0 Å². The van der Waals surface area contributed by atoms with Gasteiger partial charge in [-0.05, 0) is 48.2 Å². The number of unbranched alkanes of at least 4 members (excludes halogenated alkanes) is 4. The Morgan fingerprint density at radius 2 is 1.13 bits per heavy atom. The molecule has 0 amide bonds. The molecule has 0 unspecified atom stereocenters. The van der Waals surface area contributed by atoms with Crippen LogP contribution in [0, 0.1) is 0 Å². The second-order valence-electron chi connectivity index (χ2n) is 7.79. The topological polar surface area (TPSA) is 58.9 Å². The van der Waals surface area contributed by atoms with Crippen molar-refractivity contribution in [2.45, 2.75) is 64.2 Å². The minimum atomic E-state index is -0.0583. The van der Waals surface area contributed by atoms with Gasteiger partial charge in [-0.25, -0.2) is 0 Å². The van der Waals surface area contributed by atoms with E-state index in [1.165, 1.54) is 43.2 Å². The minimum Gasteiger partial charge on any atom is -0.491 e. The highest BCUT2D eigenvalue weighted by Crippen LogP contribution is 2.41. The summed E-state index contributed by atoms with van der Waals surface area (Å²) in [7, 11) is 0. The van der Waals surface area contributed by atoms with E-state index < -0.39 is 0 Å². The van der Waals surface area contributed by atoms with Gasteiger partial charge in [0.05, 0.1) is 13.2 Å². The fourth-order valence-electron chi connectivity index (χ4n) is 4.14. The summed E-state index contributed by atoms with van der Waals surface area (Å²) in [5.41, 5.74) is 2.53. The van der Waals surface area contributed by atoms with E-state index in [2.05, 4.69) is 38.1 Å². The molecule has 2 N–H and O–H groups in total. The van der Waals surface area contributed by atoms with Gasteiger partial charge in [-0.3, -0.25) is 0 Å². The monoisotopic (exact) mass is 414 g/mol. The molecule has 0 heterocycles. The van der Waals surface area contributed by atoms with Gasteiger partial charge in [-0.1, -0.05) is 70.2 Å².